The zero-order chi connectivity index (χ0) is 15.3. The van der Waals surface area contributed by atoms with Gasteiger partial charge in [-0.15, -0.1) is 0 Å². The molecule has 0 saturated carbocycles. The second-order valence-corrected chi connectivity index (χ2v) is 5.51. The molecule has 0 fully saturated rings. The number of benzene rings is 1. The molecular formula is C15H21NO4. The number of carbonyl (C=O) groups is 2. The molecule has 5 nitrogen and oxygen atoms in total. The number of carboxylic acid groups (broad SMARTS) is 1. The summed E-state index contributed by atoms with van der Waals surface area (Å²) in [7, 11) is 0. The van der Waals surface area contributed by atoms with Crippen LogP contribution in [-0.4, -0.2) is 29.1 Å². The lowest BCUT2D eigenvalue weighted by molar-refractivity contribution is -0.138. The van der Waals surface area contributed by atoms with Crippen molar-refractivity contribution in [3.63, 3.8) is 0 Å². The highest BCUT2D eigenvalue weighted by Crippen LogP contribution is 2.22. The largest absolute Gasteiger partial charge is 0.483 e. The third-order valence-corrected chi connectivity index (χ3v) is 2.83. The number of hydrogen-bond donors (Lipinski definition) is 2. The van der Waals surface area contributed by atoms with E-state index in [1.165, 1.54) is 0 Å². The monoisotopic (exact) mass is 279 g/mol. The van der Waals surface area contributed by atoms with Crippen LogP contribution in [0.5, 0.6) is 5.75 Å². The van der Waals surface area contributed by atoms with Crippen molar-refractivity contribution in [3.8, 4) is 5.75 Å². The Morgan fingerprint density at radius 3 is 2.30 bits per heavy atom. The van der Waals surface area contributed by atoms with Crippen LogP contribution in [0.4, 0.5) is 0 Å². The van der Waals surface area contributed by atoms with Gasteiger partial charge in [0.05, 0.1) is 6.42 Å². The SMILES string of the molecule is Cc1cccc(C)c1OCC(=O)NC(C)(C)CC(=O)O. The summed E-state index contributed by atoms with van der Waals surface area (Å²) in [6, 6.07) is 5.75. The molecule has 5 heteroatoms. The van der Waals surface area contributed by atoms with E-state index in [4.69, 9.17) is 9.84 Å². The number of nitrogens with one attached hydrogen (secondary N) is 1. The van der Waals surface area contributed by atoms with Gasteiger partial charge < -0.3 is 15.2 Å². The molecule has 0 atom stereocenters. The zero-order valence-corrected chi connectivity index (χ0v) is 12.3. The van der Waals surface area contributed by atoms with Crippen LogP contribution in [0.3, 0.4) is 0 Å². The van der Waals surface area contributed by atoms with Crippen LogP contribution >= 0.6 is 0 Å². The summed E-state index contributed by atoms with van der Waals surface area (Å²) in [5, 5.41) is 11.4. The van der Waals surface area contributed by atoms with Crippen molar-refractivity contribution in [1.82, 2.24) is 5.32 Å². The minimum absolute atomic E-state index is 0.130. The second kappa shape index (κ2) is 6.41. The van der Waals surface area contributed by atoms with Gasteiger partial charge >= 0.3 is 5.97 Å². The Hall–Kier alpha value is -2.04. The molecule has 2 N–H and O–H groups in total. The average molecular weight is 279 g/mol. The maximum Gasteiger partial charge on any atom is 0.305 e. The van der Waals surface area contributed by atoms with E-state index in [0.29, 0.717) is 5.75 Å². The van der Waals surface area contributed by atoms with Gasteiger partial charge in [-0.1, -0.05) is 18.2 Å². The molecule has 0 aliphatic carbocycles. The van der Waals surface area contributed by atoms with E-state index in [1.54, 1.807) is 13.8 Å². The van der Waals surface area contributed by atoms with Gasteiger partial charge in [-0.05, 0) is 38.8 Å². The molecule has 1 aromatic carbocycles. The fourth-order valence-corrected chi connectivity index (χ4v) is 2.00. The van der Waals surface area contributed by atoms with E-state index < -0.39 is 11.5 Å². The summed E-state index contributed by atoms with van der Waals surface area (Å²) >= 11 is 0. The Morgan fingerprint density at radius 1 is 1.25 bits per heavy atom. The highest BCUT2D eigenvalue weighted by atomic mass is 16.5. The maximum atomic E-state index is 11.8. The Bertz CT molecular complexity index is 488. The first kappa shape index (κ1) is 16.0. The number of aliphatic carboxylic acids is 1. The third kappa shape index (κ3) is 4.91. The van der Waals surface area contributed by atoms with Gasteiger partial charge in [0.15, 0.2) is 6.61 Å². The molecule has 0 aliphatic heterocycles. The van der Waals surface area contributed by atoms with Crippen molar-refractivity contribution in [2.45, 2.75) is 39.7 Å². The molecule has 0 aliphatic rings. The number of aryl methyl sites for hydroxylation is 2. The molecule has 110 valence electrons. The molecule has 1 rings (SSSR count). The number of ether oxygens (including phenoxy) is 1. The molecule has 1 amide bonds. The lowest BCUT2D eigenvalue weighted by Gasteiger charge is -2.24. The van der Waals surface area contributed by atoms with Crippen LogP contribution in [-0.2, 0) is 9.59 Å². The second-order valence-electron chi connectivity index (χ2n) is 5.51. The van der Waals surface area contributed by atoms with E-state index >= 15 is 0 Å². The van der Waals surface area contributed by atoms with Gasteiger partial charge in [-0.3, -0.25) is 9.59 Å². The smallest absolute Gasteiger partial charge is 0.305 e. The number of rotatable bonds is 6. The highest BCUT2D eigenvalue weighted by molar-refractivity contribution is 5.79. The van der Waals surface area contributed by atoms with Crippen molar-refractivity contribution in [2.24, 2.45) is 0 Å². The number of carbonyl (C=O) groups excluding carboxylic acids is 1. The number of amides is 1. The van der Waals surface area contributed by atoms with E-state index in [9.17, 15) is 9.59 Å². The van der Waals surface area contributed by atoms with Gasteiger partial charge in [0.2, 0.25) is 0 Å². The Balaban J connectivity index is 2.58. The summed E-state index contributed by atoms with van der Waals surface area (Å²) in [5.41, 5.74) is 1.12. The van der Waals surface area contributed by atoms with Crippen LogP contribution in [0.1, 0.15) is 31.4 Å². The minimum atomic E-state index is -0.953. The first-order valence-corrected chi connectivity index (χ1v) is 6.43. The normalized spacial score (nSPS) is 11.0. The van der Waals surface area contributed by atoms with Gasteiger partial charge in [-0.2, -0.15) is 0 Å². The first-order chi connectivity index (χ1) is 9.21. The number of carboxylic acids is 1. The summed E-state index contributed by atoms with van der Waals surface area (Å²) in [6.45, 7) is 7.02. The molecule has 0 bridgehead atoms. The van der Waals surface area contributed by atoms with Crippen molar-refractivity contribution < 1.29 is 19.4 Å². The summed E-state index contributed by atoms with van der Waals surface area (Å²) in [6.07, 6.45) is -0.137. The Kier molecular flexibility index (Phi) is 5.13. The van der Waals surface area contributed by atoms with Crippen LogP contribution in [0, 0.1) is 13.8 Å². The molecule has 0 aromatic heterocycles. The molecule has 0 saturated heterocycles. The molecule has 1 aromatic rings. The quantitative estimate of drug-likeness (QED) is 0.835. The van der Waals surface area contributed by atoms with E-state index in [2.05, 4.69) is 5.32 Å². The average Bonchev–Trinajstić information content (AvgIpc) is 2.25. The molecule has 0 unspecified atom stereocenters. The Morgan fingerprint density at radius 2 is 1.80 bits per heavy atom. The fourth-order valence-electron chi connectivity index (χ4n) is 2.00. The van der Waals surface area contributed by atoms with Crippen LogP contribution < -0.4 is 10.1 Å². The van der Waals surface area contributed by atoms with Crippen molar-refractivity contribution in [3.05, 3.63) is 29.3 Å². The van der Waals surface area contributed by atoms with Crippen LogP contribution in [0.25, 0.3) is 0 Å². The van der Waals surface area contributed by atoms with E-state index in [0.717, 1.165) is 11.1 Å². The van der Waals surface area contributed by atoms with Crippen LogP contribution in [0.15, 0.2) is 18.2 Å². The predicted octanol–water partition coefficient (Wildman–Crippen LogP) is 2.05. The van der Waals surface area contributed by atoms with Crippen LogP contribution in [0.2, 0.25) is 0 Å². The number of para-hydroxylation sites is 1. The van der Waals surface area contributed by atoms with Gasteiger partial charge in [0, 0.05) is 5.54 Å². The maximum absolute atomic E-state index is 11.8. The summed E-state index contributed by atoms with van der Waals surface area (Å²) < 4.78 is 5.52. The zero-order valence-electron chi connectivity index (χ0n) is 12.3. The van der Waals surface area contributed by atoms with Gasteiger partial charge in [0.1, 0.15) is 5.75 Å². The summed E-state index contributed by atoms with van der Waals surface area (Å²) in [4.78, 5) is 22.5. The van der Waals surface area contributed by atoms with Gasteiger partial charge in [0.25, 0.3) is 5.91 Å². The van der Waals surface area contributed by atoms with Crippen molar-refractivity contribution >= 4 is 11.9 Å². The molecule has 0 spiro atoms. The standard InChI is InChI=1S/C15H21NO4/c1-10-6-5-7-11(2)14(10)20-9-12(17)16-15(3,4)8-13(18)19/h5-7H,8-9H2,1-4H3,(H,16,17)(H,18,19). The third-order valence-electron chi connectivity index (χ3n) is 2.83. The van der Waals surface area contributed by atoms with Gasteiger partial charge in [-0.25, -0.2) is 0 Å². The molecule has 20 heavy (non-hydrogen) atoms. The predicted molar refractivity (Wildman–Crippen MR) is 75.9 cm³/mol. The van der Waals surface area contributed by atoms with E-state index in [1.807, 2.05) is 32.0 Å². The lowest BCUT2D eigenvalue weighted by atomic mass is 10.0. The number of hydrogen-bond acceptors (Lipinski definition) is 3. The van der Waals surface area contributed by atoms with Crippen molar-refractivity contribution in [2.75, 3.05) is 6.61 Å². The summed E-state index contributed by atoms with van der Waals surface area (Å²) in [5.74, 6) is -0.594. The molecular weight excluding hydrogens is 258 g/mol. The fraction of sp³-hybridized carbons (Fsp3) is 0.467. The van der Waals surface area contributed by atoms with Crippen molar-refractivity contribution in [1.29, 1.82) is 0 Å². The minimum Gasteiger partial charge on any atom is -0.483 e. The van der Waals surface area contributed by atoms with E-state index in [-0.39, 0.29) is 18.9 Å². The Labute approximate surface area is 118 Å². The first-order valence-electron chi connectivity index (χ1n) is 6.43. The molecule has 0 heterocycles. The molecule has 0 radical (unpaired) electrons. The topological polar surface area (TPSA) is 75.6 Å². The highest BCUT2D eigenvalue weighted by Gasteiger charge is 2.24. The lowest BCUT2D eigenvalue weighted by Crippen LogP contribution is -2.46.